The van der Waals surface area contributed by atoms with Gasteiger partial charge in [0.05, 0.1) is 12.5 Å². The van der Waals surface area contributed by atoms with Gasteiger partial charge in [0.2, 0.25) is 0 Å². The van der Waals surface area contributed by atoms with E-state index in [4.69, 9.17) is 22.1 Å². The lowest BCUT2D eigenvalue weighted by Crippen LogP contribution is -2.40. The fourth-order valence-corrected chi connectivity index (χ4v) is 3.37. The van der Waals surface area contributed by atoms with Crippen LogP contribution in [0, 0.1) is 5.92 Å². The van der Waals surface area contributed by atoms with Gasteiger partial charge in [-0.2, -0.15) is 0 Å². The second-order valence-corrected chi connectivity index (χ2v) is 7.02. The molecule has 2 heterocycles. The molecule has 1 unspecified atom stereocenters. The number of amides is 1. The van der Waals surface area contributed by atoms with Crippen molar-refractivity contribution in [3.63, 3.8) is 0 Å². The smallest absolute Gasteiger partial charge is 0.310 e. The minimum absolute atomic E-state index is 0.211. The first-order valence-electron chi connectivity index (χ1n) is 9.33. The van der Waals surface area contributed by atoms with Gasteiger partial charge in [0.15, 0.2) is 11.6 Å². The highest BCUT2D eigenvalue weighted by molar-refractivity contribution is 6.30. The number of nitrogens with two attached hydrogens (primary N) is 1. The van der Waals surface area contributed by atoms with Crippen LogP contribution in [0.3, 0.4) is 0 Å². The van der Waals surface area contributed by atoms with E-state index in [1.54, 1.807) is 31.2 Å². The number of nitrogens with one attached hydrogen (secondary N) is 2. The van der Waals surface area contributed by atoms with Crippen molar-refractivity contribution in [1.82, 2.24) is 15.4 Å². The van der Waals surface area contributed by atoms with Gasteiger partial charge >= 0.3 is 5.97 Å². The molecular formula is C19H23ClN6O3. The molecule has 0 radical (unpaired) electrons. The standard InChI is InChI=1S/C19H23ClN6O3/c1-2-29-19(28)13-6-4-8-26(10-13)17-15(21)16(22-11-23-17)24-25-18(27)12-5-3-7-14(20)9-12/h3,5,7,9,11,13H,2,4,6,8,10,21H2,1H3,(H,25,27)(H,22,23,24). The number of carbonyl (C=O) groups is 2. The summed E-state index contributed by atoms with van der Waals surface area (Å²) in [5, 5.41) is 0.461. The van der Waals surface area contributed by atoms with Crippen LogP contribution in [-0.4, -0.2) is 41.5 Å². The minimum atomic E-state index is -0.382. The lowest BCUT2D eigenvalue weighted by Gasteiger charge is -2.33. The lowest BCUT2D eigenvalue weighted by atomic mass is 9.98. The summed E-state index contributed by atoms with van der Waals surface area (Å²) in [6.07, 6.45) is 2.94. The van der Waals surface area contributed by atoms with Crippen molar-refractivity contribution >= 4 is 40.8 Å². The van der Waals surface area contributed by atoms with Gasteiger partial charge in [-0.15, -0.1) is 0 Å². The summed E-state index contributed by atoms with van der Waals surface area (Å²) in [6, 6.07) is 6.56. The van der Waals surface area contributed by atoms with E-state index in [1.165, 1.54) is 6.33 Å². The molecule has 1 aliphatic rings. The van der Waals surface area contributed by atoms with E-state index in [1.807, 2.05) is 4.90 Å². The molecule has 3 rings (SSSR count). The zero-order valence-corrected chi connectivity index (χ0v) is 16.8. The third kappa shape index (κ3) is 5.05. The first-order valence-corrected chi connectivity index (χ1v) is 9.71. The molecule has 154 valence electrons. The molecule has 1 aromatic carbocycles. The number of hydrogen-bond acceptors (Lipinski definition) is 8. The maximum atomic E-state index is 12.3. The third-order valence-corrected chi connectivity index (χ3v) is 4.82. The summed E-state index contributed by atoms with van der Waals surface area (Å²) in [7, 11) is 0. The fraction of sp³-hybridized carbons (Fsp3) is 0.368. The van der Waals surface area contributed by atoms with Crippen LogP contribution < -0.4 is 21.5 Å². The quantitative estimate of drug-likeness (QED) is 0.482. The zero-order chi connectivity index (χ0) is 20.8. The molecule has 29 heavy (non-hydrogen) atoms. The molecule has 0 bridgehead atoms. The van der Waals surface area contributed by atoms with Crippen LogP contribution in [0.5, 0.6) is 0 Å². The molecule has 1 aliphatic heterocycles. The molecule has 1 amide bonds. The summed E-state index contributed by atoms with van der Waals surface area (Å²) < 4.78 is 5.14. The fourth-order valence-electron chi connectivity index (χ4n) is 3.18. The largest absolute Gasteiger partial charge is 0.466 e. The number of carbonyl (C=O) groups excluding carboxylic acids is 2. The molecule has 10 heteroatoms. The third-order valence-electron chi connectivity index (χ3n) is 4.58. The number of nitrogen functional groups attached to an aromatic ring is 1. The Morgan fingerprint density at radius 1 is 1.38 bits per heavy atom. The first-order chi connectivity index (χ1) is 14.0. The summed E-state index contributed by atoms with van der Waals surface area (Å²) in [5.41, 5.74) is 12.2. The van der Waals surface area contributed by atoms with Crippen molar-refractivity contribution in [3.8, 4) is 0 Å². The van der Waals surface area contributed by atoms with Crippen molar-refractivity contribution < 1.29 is 14.3 Å². The average molecular weight is 419 g/mol. The normalized spacial score (nSPS) is 16.2. The Kier molecular flexibility index (Phi) is 6.71. The highest BCUT2D eigenvalue weighted by Gasteiger charge is 2.29. The van der Waals surface area contributed by atoms with Crippen molar-refractivity contribution in [1.29, 1.82) is 0 Å². The molecule has 0 aliphatic carbocycles. The van der Waals surface area contributed by atoms with Gasteiger partial charge in [-0.3, -0.25) is 20.4 Å². The summed E-state index contributed by atoms with van der Waals surface area (Å²) in [4.78, 5) is 34.6. The topological polar surface area (TPSA) is 122 Å². The number of benzene rings is 1. The highest BCUT2D eigenvalue weighted by Crippen LogP contribution is 2.29. The van der Waals surface area contributed by atoms with Crippen LogP contribution in [-0.2, 0) is 9.53 Å². The molecule has 1 saturated heterocycles. The van der Waals surface area contributed by atoms with Crippen LogP contribution in [0.15, 0.2) is 30.6 Å². The van der Waals surface area contributed by atoms with Gasteiger partial charge in [0.1, 0.15) is 12.0 Å². The SMILES string of the molecule is CCOC(=O)C1CCCN(c2ncnc(NNC(=O)c3cccc(Cl)c3)c2N)C1. The minimum Gasteiger partial charge on any atom is -0.466 e. The van der Waals surface area contributed by atoms with Crippen molar-refractivity contribution in [3.05, 3.63) is 41.2 Å². The van der Waals surface area contributed by atoms with Crippen molar-refractivity contribution in [2.75, 3.05) is 35.8 Å². The van der Waals surface area contributed by atoms with E-state index >= 15 is 0 Å². The Morgan fingerprint density at radius 2 is 2.21 bits per heavy atom. The van der Waals surface area contributed by atoms with Gasteiger partial charge in [-0.25, -0.2) is 9.97 Å². The van der Waals surface area contributed by atoms with Gasteiger partial charge in [0.25, 0.3) is 5.91 Å². The Bertz CT molecular complexity index is 894. The number of hydrogen-bond donors (Lipinski definition) is 3. The zero-order valence-electron chi connectivity index (χ0n) is 16.0. The number of halogens is 1. The van der Waals surface area contributed by atoms with E-state index in [0.29, 0.717) is 36.1 Å². The molecule has 0 spiro atoms. The monoisotopic (exact) mass is 418 g/mol. The maximum Gasteiger partial charge on any atom is 0.310 e. The predicted molar refractivity (Wildman–Crippen MR) is 111 cm³/mol. The second-order valence-electron chi connectivity index (χ2n) is 6.59. The van der Waals surface area contributed by atoms with E-state index in [2.05, 4.69) is 20.8 Å². The number of nitrogens with zero attached hydrogens (tertiary/aromatic N) is 3. The Hall–Kier alpha value is -3.07. The molecule has 1 fully saturated rings. The number of ether oxygens (including phenoxy) is 1. The molecule has 4 N–H and O–H groups in total. The molecule has 0 saturated carbocycles. The van der Waals surface area contributed by atoms with E-state index in [9.17, 15) is 9.59 Å². The Labute approximate surface area is 173 Å². The van der Waals surface area contributed by atoms with Gasteiger partial charge < -0.3 is 15.4 Å². The number of hydrazine groups is 1. The molecule has 1 atom stereocenters. The van der Waals surface area contributed by atoms with Crippen molar-refractivity contribution in [2.45, 2.75) is 19.8 Å². The number of anilines is 3. The Morgan fingerprint density at radius 3 is 2.97 bits per heavy atom. The first kappa shape index (κ1) is 20.7. The van der Waals surface area contributed by atoms with Crippen LogP contribution in [0.1, 0.15) is 30.1 Å². The highest BCUT2D eigenvalue weighted by atomic mass is 35.5. The number of esters is 1. The second kappa shape index (κ2) is 9.42. The van der Waals surface area contributed by atoms with Crippen LogP contribution in [0.25, 0.3) is 0 Å². The number of piperidine rings is 1. The van der Waals surface area contributed by atoms with E-state index < -0.39 is 0 Å². The summed E-state index contributed by atoms with van der Waals surface area (Å²) in [6.45, 7) is 3.32. The van der Waals surface area contributed by atoms with Gasteiger partial charge in [-0.05, 0) is 38.0 Å². The maximum absolute atomic E-state index is 12.3. The van der Waals surface area contributed by atoms with Crippen LogP contribution in [0.4, 0.5) is 17.3 Å². The van der Waals surface area contributed by atoms with Crippen molar-refractivity contribution in [2.24, 2.45) is 5.92 Å². The summed E-state index contributed by atoms with van der Waals surface area (Å²) >= 11 is 5.91. The lowest BCUT2D eigenvalue weighted by molar-refractivity contribution is -0.148. The summed E-state index contributed by atoms with van der Waals surface area (Å²) in [5.74, 6) is -0.0430. The van der Waals surface area contributed by atoms with E-state index in [-0.39, 0.29) is 29.3 Å². The molecule has 9 nitrogen and oxygen atoms in total. The molecule has 1 aromatic heterocycles. The average Bonchev–Trinajstić information content (AvgIpc) is 2.73. The van der Waals surface area contributed by atoms with E-state index in [0.717, 1.165) is 12.8 Å². The van der Waals surface area contributed by atoms with Crippen LogP contribution in [0.2, 0.25) is 5.02 Å². The predicted octanol–water partition coefficient (Wildman–Crippen LogP) is 2.25. The van der Waals surface area contributed by atoms with Crippen LogP contribution >= 0.6 is 11.6 Å². The van der Waals surface area contributed by atoms with Gasteiger partial charge in [-0.1, -0.05) is 17.7 Å². The molecule has 2 aromatic rings. The molecular weight excluding hydrogens is 396 g/mol. The number of rotatable bonds is 6. The number of aromatic nitrogens is 2. The van der Waals surface area contributed by atoms with Gasteiger partial charge in [0, 0.05) is 23.7 Å². The Balaban J connectivity index is 1.69.